The molecule has 0 bridgehead atoms. The van der Waals surface area contributed by atoms with Crippen molar-refractivity contribution in [1.82, 2.24) is 9.78 Å². The standard InChI is InChI=1S/C21H28ClN3O5S/c1-31(29,30)19-8-7-16(12-18(19)22)25(21(28)9-6-15-4-2-3-5-15)20-10-11-24(23-20)13-17(27)14-26/h7-8,10-12,15,17,26-27H,2-6,9,13-14H2,1H3/t17-/m1/s1. The molecule has 2 aromatic rings. The number of aromatic nitrogens is 2. The highest BCUT2D eigenvalue weighted by Gasteiger charge is 2.25. The van der Waals surface area contributed by atoms with E-state index in [-0.39, 0.29) is 22.4 Å². The normalized spacial score (nSPS) is 15.9. The second kappa shape index (κ2) is 10.1. The number of hydrogen-bond acceptors (Lipinski definition) is 6. The molecule has 1 aliphatic carbocycles. The summed E-state index contributed by atoms with van der Waals surface area (Å²) in [6.45, 7) is -0.323. The third-order valence-corrected chi connectivity index (χ3v) is 7.11. The molecule has 1 aromatic heterocycles. The molecule has 1 fully saturated rings. The van der Waals surface area contributed by atoms with Crippen LogP contribution >= 0.6 is 11.6 Å². The van der Waals surface area contributed by atoms with Crippen molar-refractivity contribution in [2.45, 2.75) is 56.1 Å². The van der Waals surface area contributed by atoms with Crippen LogP contribution in [0.1, 0.15) is 38.5 Å². The van der Waals surface area contributed by atoms with Gasteiger partial charge in [0.1, 0.15) is 0 Å². The molecular weight excluding hydrogens is 442 g/mol. The summed E-state index contributed by atoms with van der Waals surface area (Å²) in [6, 6.07) is 6.01. The Balaban J connectivity index is 1.90. The van der Waals surface area contributed by atoms with Gasteiger partial charge in [0, 0.05) is 24.9 Å². The van der Waals surface area contributed by atoms with E-state index in [1.807, 2.05) is 0 Å². The summed E-state index contributed by atoms with van der Waals surface area (Å²) in [4.78, 5) is 14.6. The largest absolute Gasteiger partial charge is 0.394 e. The molecule has 8 nitrogen and oxygen atoms in total. The van der Waals surface area contributed by atoms with Gasteiger partial charge in [0.2, 0.25) is 5.91 Å². The van der Waals surface area contributed by atoms with E-state index in [2.05, 4.69) is 5.10 Å². The minimum atomic E-state index is -3.50. The van der Waals surface area contributed by atoms with Crippen molar-refractivity contribution in [1.29, 1.82) is 0 Å². The third kappa shape index (κ3) is 6.06. The van der Waals surface area contributed by atoms with E-state index in [0.29, 0.717) is 23.8 Å². The van der Waals surface area contributed by atoms with Gasteiger partial charge >= 0.3 is 0 Å². The van der Waals surface area contributed by atoms with Crippen LogP contribution in [0, 0.1) is 5.92 Å². The molecule has 170 valence electrons. The number of halogens is 1. The second-order valence-corrected chi connectivity index (χ2v) is 10.4. The minimum absolute atomic E-state index is 0.00660. The maximum absolute atomic E-state index is 13.2. The first-order valence-corrected chi connectivity index (χ1v) is 12.6. The minimum Gasteiger partial charge on any atom is -0.394 e. The number of aliphatic hydroxyl groups is 2. The fraction of sp³-hybridized carbons (Fsp3) is 0.524. The number of rotatable bonds is 9. The summed E-state index contributed by atoms with van der Waals surface area (Å²) in [5.74, 6) is 0.715. The van der Waals surface area contributed by atoms with E-state index in [1.165, 1.54) is 40.6 Å². The summed E-state index contributed by atoms with van der Waals surface area (Å²) in [5, 5.41) is 23.1. The number of hydrogen-bond donors (Lipinski definition) is 2. The van der Waals surface area contributed by atoms with Crippen LogP contribution < -0.4 is 4.90 Å². The predicted molar refractivity (Wildman–Crippen MR) is 118 cm³/mol. The van der Waals surface area contributed by atoms with Gasteiger partial charge < -0.3 is 10.2 Å². The zero-order chi connectivity index (χ0) is 22.6. The Labute approximate surface area is 187 Å². The average Bonchev–Trinajstić information content (AvgIpc) is 3.38. The number of nitrogens with zero attached hydrogens (tertiary/aromatic N) is 3. The lowest BCUT2D eigenvalue weighted by atomic mass is 10.0. The molecule has 2 N–H and O–H groups in total. The zero-order valence-corrected chi connectivity index (χ0v) is 19.0. The van der Waals surface area contributed by atoms with E-state index in [4.69, 9.17) is 16.7 Å². The Bertz CT molecular complexity index is 1020. The van der Waals surface area contributed by atoms with Crippen molar-refractivity contribution in [2.75, 3.05) is 17.8 Å². The predicted octanol–water partition coefficient (Wildman–Crippen LogP) is 2.93. The fourth-order valence-electron chi connectivity index (χ4n) is 3.92. The van der Waals surface area contributed by atoms with Crippen molar-refractivity contribution >= 4 is 38.9 Å². The molecule has 1 atom stereocenters. The van der Waals surface area contributed by atoms with Crippen LogP contribution in [-0.2, 0) is 21.2 Å². The summed E-state index contributed by atoms with van der Waals surface area (Å²) < 4.78 is 25.2. The topological polar surface area (TPSA) is 113 Å². The lowest BCUT2D eigenvalue weighted by Crippen LogP contribution is -2.27. The van der Waals surface area contributed by atoms with Crippen LogP contribution in [0.3, 0.4) is 0 Å². The van der Waals surface area contributed by atoms with Crippen molar-refractivity contribution < 1.29 is 23.4 Å². The van der Waals surface area contributed by atoms with E-state index in [9.17, 15) is 18.3 Å². The first-order valence-electron chi connectivity index (χ1n) is 10.3. The van der Waals surface area contributed by atoms with Gasteiger partial charge in [-0.2, -0.15) is 5.10 Å². The molecule has 31 heavy (non-hydrogen) atoms. The molecule has 1 saturated carbocycles. The number of sulfone groups is 1. The SMILES string of the molecule is CS(=O)(=O)c1ccc(N(C(=O)CCC2CCCC2)c2ccn(C[C@@H](O)CO)n2)cc1Cl. The Morgan fingerprint density at radius 1 is 1.32 bits per heavy atom. The highest BCUT2D eigenvalue weighted by atomic mass is 35.5. The molecule has 1 aliphatic rings. The first kappa shape index (κ1) is 23.7. The fourth-order valence-corrected chi connectivity index (χ4v) is 5.24. The van der Waals surface area contributed by atoms with Gasteiger partial charge in [-0.05, 0) is 30.5 Å². The zero-order valence-electron chi connectivity index (χ0n) is 17.4. The Morgan fingerprint density at radius 3 is 2.65 bits per heavy atom. The molecule has 0 aliphatic heterocycles. The lowest BCUT2D eigenvalue weighted by Gasteiger charge is -2.22. The molecule has 0 unspecified atom stereocenters. The van der Waals surface area contributed by atoms with Gasteiger partial charge in [0.05, 0.1) is 34.9 Å². The van der Waals surface area contributed by atoms with E-state index in [0.717, 1.165) is 25.5 Å². The van der Waals surface area contributed by atoms with E-state index in [1.54, 1.807) is 12.3 Å². The van der Waals surface area contributed by atoms with Crippen LogP contribution in [0.25, 0.3) is 0 Å². The average molecular weight is 470 g/mol. The molecule has 0 radical (unpaired) electrons. The smallest absolute Gasteiger partial charge is 0.232 e. The van der Waals surface area contributed by atoms with Crippen LogP contribution in [0.2, 0.25) is 5.02 Å². The Morgan fingerprint density at radius 2 is 2.03 bits per heavy atom. The van der Waals surface area contributed by atoms with Crippen molar-refractivity contribution in [3.8, 4) is 0 Å². The molecule has 10 heteroatoms. The molecule has 0 saturated heterocycles. The number of carbonyl (C=O) groups excluding carboxylic acids is 1. The van der Waals surface area contributed by atoms with Gasteiger partial charge in [0.25, 0.3) is 0 Å². The summed E-state index contributed by atoms with van der Waals surface area (Å²) in [5.41, 5.74) is 0.418. The summed E-state index contributed by atoms with van der Waals surface area (Å²) >= 11 is 6.22. The van der Waals surface area contributed by atoms with Gasteiger partial charge in [0.15, 0.2) is 15.7 Å². The molecule has 3 rings (SSSR count). The molecule has 1 amide bonds. The first-order chi connectivity index (χ1) is 14.7. The lowest BCUT2D eigenvalue weighted by molar-refractivity contribution is -0.118. The number of carbonyl (C=O) groups is 1. The molecule has 1 aromatic carbocycles. The van der Waals surface area contributed by atoms with E-state index >= 15 is 0 Å². The van der Waals surface area contributed by atoms with Crippen LogP contribution in [0.5, 0.6) is 0 Å². The van der Waals surface area contributed by atoms with Crippen LogP contribution in [-0.4, -0.2) is 53.3 Å². The van der Waals surface area contributed by atoms with Crippen molar-refractivity contribution in [2.24, 2.45) is 5.92 Å². The number of aliphatic hydroxyl groups excluding tert-OH is 2. The molecule has 1 heterocycles. The summed E-state index contributed by atoms with van der Waals surface area (Å²) in [6.07, 6.45) is 7.50. The van der Waals surface area contributed by atoms with Gasteiger partial charge in [-0.3, -0.25) is 14.4 Å². The molecular formula is C21H28ClN3O5S. The van der Waals surface area contributed by atoms with Gasteiger partial charge in [-0.25, -0.2) is 8.42 Å². The number of amides is 1. The van der Waals surface area contributed by atoms with E-state index < -0.39 is 22.5 Å². The van der Waals surface area contributed by atoms with Crippen molar-refractivity contribution in [3.63, 3.8) is 0 Å². The highest BCUT2D eigenvalue weighted by molar-refractivity contribution is 7.90. The summed E-state index contributed by atoms with van der Waals surface area (Å²) in [7, 11) is -3.50. The van der Waals surface area contributed by atoms with Gasteiger partial charge in [-0.1, -0.05) is 37.3 Å². The second-order valence-electron chi connectivity index (χ2n) is 8.04. The maximum Gasteiger partial charge on any atom is 0.232 e. The monoisotopic (exact) mass is 469 g/mol. The quantitative estimate of drug-likeness (QED) is 0.583. The Kier molecular flexibility index (Phi) is 7.74. The molecule has 0 spiro atoms. The van der Waals surface area contributed by atoms with Crippen LogP contribution in [0.15, 0.2) is 35.4 Å². The maximum atomic E-state index is 13.2. The van der Waals surface area contributed by atoms with Crippen molar-refractivity contribution in [3.05, 3.63) is 35.5 Å². The number of benzene rings is 1. The van der Waals surface area contributed by atoms with Gasteiger partial charge in [-0.15, -0.1) is 0 Å². The van der Waals surface area contributed by atoms with Crippen LogP contribution in [0.4, 0.5) is 11.5 Å². The Hall–Kier alpha value is -1.94. The highest BCUT2D eigenvalue weighted by Crippen LogP contribution is 2.33. The number of anilines is 2. The third-order valence-electron chi connectivity index (χ3n) is 5.53.